The summed E-state index contributed by atoms with van der Waals surface area (Å²) < 4.78 is 0. The van der Waals surface area contributed by atoms with Crippen molar-refractivity contribution in [2.24, 2.45) is 10.3 Å². The van der Waals surface area contributed by atoms with Crippen LogP contribution in [0, 0.1) is 13.8 Å². The average Bonchev–Trinajstić information content (AvgIpc) is 2.74. The number of hydrogen-bond donors (Lipinski definition) is 0. The molecule has 2 aromatic heterocycles. The van der Waals surface area contributed by atoms with Crippen molar-refractivity contribution in [1.82, 2.24) is 9.97 Å². The second-order valence-electron chi connectivity index (χ2n) is 9.41. The normalized spacial score (nSPS) is 18.6. The molecular formula is C24H32N4O2Si. The third-order valence-electron chi connectivity index (χ3n) is 5.76. The summed E-state index contributed by atoms with van der Waals surface area (Å²) in [6, 6.07) is 8.47. The molecule has 164 valence electrons. The number of hydrogen-bond acceptors (Lipinski definition) is 6. The van der Waals surface area contributed by atoms with Crippen molar-refractivity contribution >= 4 is 19.5 Å². The van der Waals surface area contributed by atoms with Crippen molar-refractivity contribution in [2.75, 3.05) is 12.5 Å². The lowest BCUT2D eigenvalue weighted by Gasteiger charge is -2.21. The van der Waals surface area contributed by atoms with Gasteiger partial charge in [-0.2, -0.15) is 0 Å². The molecule has 2 aliphatic carbocycles. The lowest BCUT2D eigenvalue weighted by molar-refractivity contribution is 0.159. The Kier molecular flexibility index (Phi) is 6.50. The van der Waals surface area contributed by atoms with Gasteiger partial charge >= 0.3 is 0 Å². The summed E-state index contributed by atoms with van der Waals surface area (Å²) >= 11 is 0. The van der Waals surface area contributed by atoms with Crippen molar-refractivity contribution in [2.45, 2.75) is 65.5 Å². The van der Waals surface area contributed by atoms with Crippen LogP contribution in [0.1, 0.15) is 59.6 Å². The summed E-state index contributed by atoms with van der Waals surface area (Å²) in [7, 11) is -1.78. The van der Waals surface area contributed by atoms with Gasteiger partial charge in [0.15, 0.2) is 0 Å². The van der Waals surface area contributed by atoms with Gasteiger partial charge in [-0.3, -0.25) is 9.97 Å². The molecule has 6 nitrogen and oxygen atoms in total. The van der Waals surface area contributed by atoms with E-state index in [1.807, 2.05) is 13.8 Å². The highest BCUT2D eigenvalue weighted by Crippen LogP contribution is 2.22. The fourth-order valence-electron chi connectivity index (χ4n) is 3.99. The third-order valence-corrected chi connectivity index (χ3v) is 7.58. The van der Waals surface area contributed by atoms with E-state index in [0.29, 0.717) is 12.5 Å². The zero-order valence-corrected chi connectivity index (χ0v) is 20.1. The molecule has 31 heavy (non-hydrogen) atoms. The zero-order valence-electron chi connectivity index (χ0n) is 19.1. The predicted molar refractivity (Wildman–Crippen MR) is 126 cm³/mol. The minimum Gasteiger partial charge on any atom is -0.399 e. The fourth-order valence-corrected chi connectivity index (χ4v) is 4.90. The van der Waals surface area contributed by atoms with E-state index in [4.69, 9.17) is 9.68 Å². The molecule has 0 radical (unpaired) electrons. The highest BCUT2D eigenvalue weighted by atomic mass is 28.3. The first kappa shape index (κ1) is 21.7. The summed E-state index contributed by atoms with van der Waals surface area (Å²) in [5, 5.41) is 8.95. The molecule has 7 heteroatoms. The minimum atomic E-state index is -1.78. The molecule has 2 heterocycles. The molecule has 0 spiro atoms. The maximum atomic E-state index is 5.82. The lowest BCUT2D eigenvalue weighted by Crippen LogP contribution is -2.38. The number of oxime groups is 2. The van der Waals surface area contributed by atoms with Crippen LogP contribution in [0.3, 0.4) is 0 Å². The summed E-state index contributed by atoms with van der Waals surface area (Å²) in [6.45, 7) is 8.51. The van der Waals surface area contributed by atoms with Gasteiger partial charge in [0.1, 0.15) is 32.0 Å². The summed E-state index contributed by atoms with van der Waals surface area (Å²) in [4.78, 5) is 21.0. The topological polar surface area (TPSA) is 69.0 Å². The van der Waals surface area contributed by atoms with Gasteiger partial charge in [0.2, 0.25) is 0 Å². The molecule has 0 bridgehead atoms. The highest BCUT2D eigenvalue weighted by Gasteiger charge is 2.26. The quantitative estimate of drug-likeness (QED) is 0.486. The standard InChI is InChI=1S/C24H32N4O2Si/c1-17-11-13-19-7-5-9-21(23(19)25-17)27-29-15-31(3,4)16-30-28-22-10-6-8-20-14-12-18(2)26-24(20)22/h11-14H,5-10,15-16H2,1-4H3. The Balaban J connectivity index is 1.35. The van der Waals surface area contributed by atoms with E-state index in [1.165, 1.54) is 11.1 Å². The SMILES string of the molecule is Cc1ccc2c(n1)C(=NOC[Si](C)(C)CON=C1CCCc3ccc(C)nc31)CCC2. The van der Waals surface area contributed by atoms with Crippen molar-refractivity contribution in [3.8, 4) is 0 Å². The number of pyridine rings is 2. The third kappa shape index (κ3) is 5.39. The van der Waals surface area contributed by atoms with E-state index in [-0.39, 0.29) is 0 Å². The van der Waals surface area contributed by atoms with Gasteiger partial charge in [-0.1, -0.05) is 35.5 Å². The minimum absolute atomic E-state index is 0.594. The molecule has 0 unspecified atom stereocenters. The predicted octanol–water partition coefficient (Wildman–Crippen LogP) is 4.69. The first-order valence-corrected chi connectivity index (χ1v) is 14.6. The van der Waals surface area contributed by atoms with Gasteiger partial charge in [0.25, 0.3) is 0 Å². The van der Waals surface area contributed by atoms with Crippen LogP contribution < -0.4 is 0 Å². The van der Waals surface area contributed by atoms with E-state index in [9.17, 15) is 0 Å². The number of nitrogens with zero attached hydrogens (tertiary/aromatic N) is 4. The maximum Gasteiger partial charge on any atom is 0.143 e. The number of aromatic nitrogens is 2. The summed E-state index contributed by atoms with van der Waals surface area (Å²) in [5.74, 6) is 0. The Morgan fingerprint density at radius 3 is 1.65 bits per heavy atom. The van der Waals surface area contributed by atoms with Crippen molar-refractivity contribution < 1.29 is 9.68 Å². The molecule has 0 saturated heterocycles. The molecule has 0 aliphatic heterocycles. The van der Waals surface area contributed by atoms with E-state index in [1.54, 1.807) is 0 Å². The summed E-state index contributed by atoms with van der Waals surface area (Å²) in [6.07, 6.45) is 7.34. The molecule has 4 rings (SSSR count). The average molecular weight is 437 g/mol. The zero-order chi connectivity index (χ0) is 21.8. The maximum absolute atomic E-state index is 5.82. The van der Waals surface area contributed by atoms with Gasteiger partial charge in [0, 0.05) is 11.4 Å². The fraction of sp³-hybridized carbons (Fsp3) is 0.500. The largest absolute Gasteiger partial charge is 0.399 e. The number of rotatable bonds is 6. The first-order chi connectivity index (χ1) is 14.9. The van der Waals surface area contributed by atoms with Gasteiger partial charge in [0.05, 0.1) is 11.4 Å². The lowest BCUT2D eigenvalue weighted by atomic mass is 9.94. The second-order valence-corrected chi connectivity index (χ2v) is 14.3. The molecule has 2 aromatic rings. The molecule has 0 fully saturated rings. The number of aryl methyl sites for hydroxylation is 4. The Hall–Kier alpha value is -2.54. The first-order valence-electron chi connectivity index (χ1n) is 11.2. The second kappa shape index (κ2) is 9.30. The van der Waals surface area contributed by atoms with Crippen LogP contribution in [-0.2, 0) is 22.5 Å². The molecule has 0 N–H and O–H groups in total. The van der Waals surface area contributed by atoms with Crippen LogP contribution in [0.5, 0.6) is 0 Å². The van der Waals surface area contributed by atoms with Gasteiger partial charge in [-0.15, -0.1) is 0 Å². The highest BCUT2D eigenvalue weighted by molar-refractivity contribution is 6.77. The molecule has 0 amide bonds. The number of fused-ring (bicyclic) bond motifs is 2. The Bertz CT molecular complexity index is 937. The Labute approximate surface area is 185 Å². The van der Waals surface area contributed by atoms with Crippen LogP contribution in [0.15, 0.2) is 34.6 Å². The van der Waals surface area contributed by atoms with Crippen LogP contribution in [-0.4, -0.2) is 41.9 Å². The van der Waals surface area contributed by atoms with E-state index >= 15 is 0 Å². The van der Waals surface area contributed by atoms with Crippen molar-refractivity contribution in [3.05, 3.63) is 58.2 Å². The van der Waals surface area contributed by atoms with Crippen LogP contribution in [0.25, 0.3) is 0 Å². The van der Waals surface area contributed by atoms with E-state index < -0.39 is 8.07 Å². The van der Waals surface area contributed by atoms with Crippen LogP contribution >= 0.6 is 0 Å². The van der Waals surface area contributed by atoms with Crippen LogP contribution in [0.4, 0.5) is 0 Å². The summed E-state index contributed by atoms with van der Waals surface area (Å²) in [5.41, 5.74) is 8.53. The van der Waals surface area contributed by atoms with E-state index in [2.05, 4.69) is 57.6 Å². The van der Waals surface area contributed by atoms with E-state index in [0.717, 1.165) is 72.7 Å². The molecule has 0 atom stereocenters. The molecule has 0 saturated carbocycles. The van der Waals surface area contributed by atoms with Gasteiger partial charge < -0.3 is 9.68 Å². The monoisotopic (exact) mass is 436 g/mol. The smallest absolute Gasteiger partial charge is 0.143 e. The molecule has 0 aromatic carbocycles. The van der Waals surface area contributed by atoms with Crippen LogP contribution in [0.2, 0.25) is 13.1 Å². The van der Waals surface area contributed by atoms with Gasteiger partial charge in [-0.25, -0.2) is 0 Å². The molecule has 2 aliphatic rings. The Morgan fingerprint density at radius 1 is 0.742 bits per heavy atom. The Morgan fingerprint density at radius 2 is 1.19 bits per heavy atom. The van der Waals surface area contributed by atoms with Crippen molar-refractivity contribution in [3.63, 3.8) is 0 Å². The van der Waals surface area contributed by atoms with Crippen molar-refractivity contribution in [1.29, 1.82) is 0 Å². The molecular weight excluding hydrogens is 404 g/mol. The van der Waals surface area contributed by atoms with Gasteiger partial charge in [-0.05, 0) is 75.6 Å².